The molecule has 0 spiro atoms. The Morgan fingerprint density at radius 3 is 2.25 bits per heavy atom. The second-order valence-electron chi connectivity index (χ2n) is 6.16. The maximum atomic E-state index is 12.2. The predicted octanol–water partition coefficient (Wildman–Crippen LogP) is 3.91. The molecule has 1 unspecified atom stereocenters. The Kier molecular flexibility index (Phi) is 9.53. The molecule has 0 radical (unpaired) electrons. The highest BCUT2D eigenvalue weighted by Gasteiger charge is 2.30. The lowest BCUT2D eigenvalue weighted by molar-refractivity contribution is -0.274. The van der Waals surface area contributed by atoms with Crippen LogP contribution in [-0.4, -0.2) is 37.9 Å². The van der Waals surface area contributed by atoms with Crippen LogP contribution in [0.3, 0.4) is 0 Å². The first-order valence-corrected chi connectivity index (χ1v) is 8.34. The highest BCUT2D eigenvalue weighted by molar-refractivity contribution is 14.0. The lowest BCUT2D eigenvalue weighted by atomic mass is 10.1. The van der Waals surface area contributed by atoms with E-state index in [1.807, 2.05) is 44.4 Å². The number of nitrogens with zero attached hydrogens (tertiary/aromatic N) is 2. The first-order valence-electron chi connectivity index (χ1n) is 8.34. The van der Waals surface area contributed by atoms with E-state index in [-0.39, 0.29) is 48.3 Å². The van der Waals surface area contributed by atoms with Crippen molar-refractivity contribution >= 4 is 29.9 Å². The third-order valence-corrected chi connectivity index (χ3v) is 3.87. The number of nitrogens with two attached hydrogens (primary N) is 1. The van der Waals surface area contributed by atoms with Crippen LogP contribution in [0.15, 0.2) is 59.6 Å². The molecule has 5 nitrogen and oxygen atoms in total. The molecule has 0 aliphatic rings. The van der Waals surface area contributed by atoms with Gasteiger partial charge in [-0.1, -0.05) is 42.5 Å². The lowest BCUT2D eigenvalue weighted by Gasteiger charge is -2.25. The van der Waals surface area contributed by atoms with Crippen molar-refractivity contribution in [1.82, 2.24) is 10.2 Å². The smallest absolute Gasteiger partial charge is 0.406 e. The van der Waals surface area contributed by atoms with Gasteiger partial charge < -0.3 is 20.7 Å². The number of hydrogen-bond donors (Lipinski definition) is 2. The molecule has 2 aromatic carbocycles. The van der Waals surface area contributed by atoms with Crippen LogP contribution in [-0.2, 0) is 6.54 Å². The molecule has 0 saturated heterocycles. The van der Waals surface area contributed by atoms with Crippen LogP contribution in [0.5, 0.6) is 5.75 Å². The maximum Gasteiger partial charge on any atom is 0.573 e. The summed E-state index contributed by atoms with van der Waals surface area (Å²) < 4.78 is 40.3. The molecule has 9 heteroatoms. The molecule has 2 aromatic rings. The van der Waals surface area contributed by atoms with E-state index in [2.05, 4.69) is 19.9 Å². The van der Waals surface area contributed by atoms with Gasteiger partial charge in [0.05, 0.1) is 12.6 Å². The Bertz CT molecular complexity index is 737. The van der Waals surface area contributed by atoms with Gasteiger partial charge in [0, 0.05) is 6.54 Å². The second kappa shape index (κ2) is 11.1. The fourth-order valence-corrected chi connectivity index (χ4v) is 2.50. The van der Waals surface area contributed by atoms with Crippen LogP contribution in [0, 0.1) is 0 Å². The van der Waals surface area contributed by atoms with Gasteiger partial charge in [-0.25, -0.2) is 4.99 Å². The Morgan fingerprint density at radius 2 is 1.71 bits per heavy atom. The van der Waals surface area contributed by atoms with Crippen molar-refractivity contribution in [3.63, 3.8) is 0 Å². The predicted molar refractivity (Wildman–Crippen MR) is 115 cm³/mol. The van der Waals surface area contributed by atoms with Gasteiger partial charge in [0.25, 0.3) is 0 Å². The summed E-state index contributed by atoms with van der Waals surface area (Å²) in [5, 5.41) is 3.09. The number of ether oxygens (including phenoxy) is 1. The van der Waals surface area contributed by atoms with Crippen LogP contribution in [0.1, 0.15) is 17.2 Å². The van der Waals surface area contributed by atoms with Gasteiger partial charge in [-0.15, -0.1) is 37.1 Å². The second-order valence-corrected chi connectivity index (χ2v) is 6.16. The molecular formula is C19H24F3IN4O. The van der Waals surface area contributed by atoms with Crippen LogP contribution < -0.4 is 15.8 Å². The summed E-state index contributed by atoms with van der Waals surface area (Å²) in [6.45, 7) is 0.827. The van der Waals surface area contributed by atoms with Crippen LogP contribution in [0.4, 0.5) is 13.2 Å². The van der Waals surface area contributed by atoms with Crippen molar-refractivity contribution in [3.8, 4) is 5.75 Å². The molecule has 2 rings (SSSR count). The van der Waals surface area contributed by atoms with E-state index >= 15 is 0 Å². The van der Waals surface area contributed by atoms with Crippen molar-refractivity contribution < 1.29 is 17.9 Å². The van der Waals surface area contributed by atoms with Gasteiger partial charge in [0.2, 0.25) is 0 Å². The highest BCUT2D eigenvalue weighted by atomic mass is 127. The molecule has 0 aliphatic heterocycles. The summed E-state index contributed by atoms with van der Waals surface area (Å²) in [6, 6.07) is 15.7. The number of benzene rings is 2. The third kappa shape index (κ3) is 8.34. The van der Waals surface area contributed by atoms with Gasteiger partial charge in [-0.3, -0.25) is 0 Å². The molecule has 0 bridgehead atoms. The molecule has 0 amide bonds. The molecule has 0 aliphatic carbocycles. The molecule has 28 heavy (non-hydrogen) atoms. The Hall–Kier alpha value is -2.01. The van der Waals surface area contributed by atoms with Crippen molar-refractivity contribution in [1.29, 1.82) is 0 Å². The van der Waals surface area contributed by atoms with Crippen molar-refractivity contribution in [2.24, 2.45) is 10.7 Å². The molecule has 0 aromatic heterocycles. The zero-order chi connectivity index (χ0) is 19.9. The van der Waals surface area contributed by atoms with Crippen LogP contribution >= 0.6 is 24.0 Å². The molecule has 0 saturated carbocycles. The van der Waals surface area contributed by atoms with E-state index in [1.165, 1.54) is 24.3 Å². The molecule has 3 N–H and O–H groups in total. The number of alkyl halides is 3. The zero-order valence-corrected chi connectivity index (χ0v) is 17.9. The summed E-state index contributed by atoms with van der Waals surface area (Å²) in [7, 11) is 3.97. The van der Waals surface area contributed by atoms with Crippen molar-refractivity contribution in [2.75, 3.05) is 20.6 Å². The quantitative estimate of drug-likeness (QED) is 0.339. The summed E-state index contributed by atoms with van der Waals surface area (Å²) in [5.41, 5.74) is 7.79. The lowest BCUT2D eigenvalue weighted by Crippen LogP contribution is -2.38. The third-order valence-electron chi connectivity index (χ3n) is 3.87. The molecule has 0 heterocycles. The number of likely N-dealkylation sites (N-methyl/N-ethyl adjacent to an activating group) is 1. The van der Waals surface area contributed by atoms with Gasteiger partial charge in [0.15, 0.2) is 5.96 Å². The Morgan fingerprint density at radius 1 is 1.11 bits per heavy atom. The average Bonchev–Trinajstić information content (AvgIpc) is 2.60. The normalized spacial score (nSPS) is 13.0. The molecule has 0 fully saturated rings. The average molecular weight is 508 g/mol. The van der Waals surface area contributed by atoms with Crippen molar-refractivity contribution in [3.05, 3.63) is 65.7 Å². The SMILES string of the molecule is CN(C)C(CNC(N)=NCc1ccc(OC(F)(F)F)cc1)c1ccccc1.I. The van der Waals surface area contributed by atoms with Gasteiger partial charge in [-0.2, -0.15) is 0 Å². The Balaban J connectivity index is 0.00000392. The summed E-state index contributed by atoms with van der Waals surface area (Å²) >= 11 is 0. The first-order chi connectivity index (χ1) is 12.7. The summed E-state index contributed by atoms with van der Waals surface area (Å²) in [5.74, 6) is 0.00594. The largest absolute Gasteiger partial charge is 0.573 e. The minimum Gasteiger partial charge on any atom is -0.406 e. The van der Waals surface area contributed by atoms with Gasteiger partial charge in [0.1, 0.15) is 5.75 Å². The molecule has 1 atom stereocenters. The number of hydrogen-bond acceptors (Lipinski definition) is 3. The van der Waals surface area contributed by atoms with E-state index in [1.54, 1.807) is 0 Å². The molecule has 154 valence electrons. The van der Waals surface area contributed by atoms with Crippen LogP contribution in [0.2, 0.25) is 0 Å². The highest BCUT2D eigenvalue weighted by Crippen LogP contribution is 2.23. The zero-order valence-electron chi connectivity index (χ0n) is 15.6. The van der Waals surface area contributed by atoms with Crippen LogP contribution in [0.25, 0.3) is 0 Å². The summed E-state index contributed by atoms with van der Waals surface area (Å²) in [6.07, 6.45) is -4.70. The standard InChI is InChI=1S/C19H23F3N4O.HI/c1-26(2)17(15-6-4-3-5-7-15)13-25-18(23)24-12-14-8-10-16(11-9-14)27-19(20,21)22;/h3-11,17H,12-13H2,1-2H3,(H3,23,24,25);1H. The fourth-order valence-electron chi connectivity index (χ4n) is 2.50. The maximum absolute atomic E-state index is 12.2. The van der Waals surface area contributed by atoms with E-state index in [0.29, 0.717) is 6.54 Å². The molecular weight excluding hydrogens is 484 g/mol. The topological polar surface area (TPSA) is 62.9 Å². The fraction of sp³-hybridized carbons (Fsp3) is 0.316. The van der Waals surface area contributed by atoms with E-state index in [9.17, 15) is 13.2 Å². The first kappa shape index (κ1) is 24.0. The van der Waals surface area contributed by atoms with Gasteiger partial charge >= 0.3 is 6.36 Å². The van der Waals surface area contributed by atoms with Crippen molar-refractivity contribution in [2.45, 2.75) is 18.9 Å². The number of nitrogens with one attached hydrogen (secondary N) is 1. The van der Waals surface area contributed by atoms with Gasteiger partial charge in [-0.05, 0) is 37.4 Å². The summed E-state index contributed by atoms with van der Waals surface area (Å²) in [4.78, 5) is 6.30. The number of rotatable bonds is 7. The van der Waals surface area contributed by atoms with E-state index in [0.717, 1.165) is 11.1 Å². The van der Waals surface area contributed by atoms with E-state index in [4.69, 9.17) is 5.73 Å². The number of halogens is 4. The monoisotopic (exact) mass is 508 g/mol. The number of guanidine groups is 1. The number of aliphatic imine (C=N–C) groups is 1. The Labute approximate surface area is 179 Å². The van der Waals surface area contributed by atoms with E-state index < -0.39 is 6.36 Å². The minimum absolute atomic E-state index is 0. The minimum atomic E-state index is -4.70.